The number of carboxylic acids is 1. The highest BCUT2D eigenvalue weighted by Gasteiger charge is 2.35. The van der Waals surface area contributed by atoms with Crippen LogP contribution in [0.5, 0.6) is 0 Å². The first-order valence-electron chi connectivity index (χ1n) is 7.94. The number of sulfonamides is 1. The van der Waals surface area contributed by atoms with E-state index in [-0.39, 0.29) is 17.9 Å². The number of rotatable bonds is 4. The molecule has 0 saturated carbocycles. The SMILES string of the molecule is CN(C)c1cccc(S(=O)(=O)N2CCC(C(=O)O)c3ccccc32)c1. The van der Waals surface area contributed by atoms with Crippen LogP contribution in [0.25, 0.3) is 0 Å². The molecule has 0 saturated heterocycles. The molecular formula is C18H20N2O4S. The number of carbonyl (C=O) groups is 1. The summed E-state index contributed by atoms with van der Waals surface area (Å²) in [5, 5.41) is 9.42. The van der Waals surface area contributed by atoms with Crippen molar-refractivity contribution >= 4 is 27.4 Å². The van der Waals surface area contributed by atoms with Crippen molar-refractivity contribution in [1.82, 2.24) is 0 Å². The predicted octanol–water partition coefficient (Wildman–Crippen LogP) is 2.52. The fourth-order valence-electron chi connectivity index (χ4n) is 3.09. The molecule has 0 aliphatic carbocycles. The summed E-state index contributed by atoms with van der Waals surface area (Å²) in [4.78, 5) is 13.5. The van der Waals surface area contributed by atoms with Crippen LogP contribution in [0.1, 0.15) is 17.9 Å². The zero-order valence-corrected chi connectivity index (χ0v) is 14.9. The topological polar surface area (TPSA) is 77.9 Å². The van der Waals surface area contributed by atoms with E-state index in [1.807, 2.05) is 25.1 Å². The minimum absolute atomic E-state index is 0.141. The molecule has 3 rings (SSSR count). The van der Waals surface area contributed by atoms with Gasteiger partial charge in [-0.15, -0.1) is 0 Å². The highest BCUT2D eigenvalue weighted by atomic mass is 32.2. The van der Waals surface area contributed by atoms with Gasteiger partial charge < -0.3 is 10.0 Å². The first kappa shape index (κ1) is 17.3. The molecule has 2 aromatic carbocycles. The second-order valence-corrected chi connectivity index (χ2v) is 8.07. The third-order valence-electron chi connectivity index (χ3n) is 4.42. The minimum Gasteiger partial charge on any atom is -0.481 e. The van der Waals surface area contributed by atoms with E-state index in [4.69, 9.17) is 0 Å². The summed E-state index contributed by atoms with van der Waals surface area (Å²) in [6.07, 6.45) is 0.249. The van der Waals surface area contributed by atoms with E-state index in [0.29, 0.717) is 11.3 Å². The number of fused-ring (bicyclic) bond motifs is 1. The number of hydrogen-bond acceptors (Lipinski definition) is 4. The maximum absolute atomic E-state index is 13.2. The number of hydrogen-bond donors (Lipinski definition) is 1. The normalized spacial score (nSPS) is 17.0. The van der Waals surface area contributed by atoms with Gasteiger partial charge in [-0.2, -0.15) is 0 Å². The fourth-order valence-corrected chi connectivity index (χ4v) is 4.63. The average Bonchev–Trinajstić information content (AvgIpc) is 2.60. The summed E-state index contributed by atoms with van der Waals surface area (Å²) >= 11 is 0. The summed E-state index contributed by atoms with van der Waals surface area (Å²) in [7, 11) is -0.0736. The van der Waals surface area contributed by atoms with Crippen LogP contribution in [-0.4, -0.2) is 40.1 Å². The predicted molar refractivity (Wildman–Crippen MR) is 96.7 cm³/mol. The van der Waals surface area contributed by atoms with Gasteiger partial charge in [0.15, 0.2) is 0 Å². The molecule has 1 aliphatic rings. The molecule has 0 bridgehead atoms. The molecule has 0 aromatic heterocycles. The van der Waals surface area contributed by atoms with E-state index < -0.39 is 21.9 Å². The van der Waals surface area contributed by atoms with Crippen LogP contribution in [0.4, 0.5) is 11.4 Å². The highest BCUT2D eigenvalue weighted by Crippen LogP contribution is 2.38. The van der Waals surface area contributed by atoms with Gasteiger partial charge in [0, 0.05) is 26.3 Å². The number of nitrogens with zero attached hydrogens (tertiary/aromatic N) is 2. The quantitative estimate of drug-likeness (QED) is 0.906. The van der Waals surface area contributed by atoms with Crippen molar-refractivity contribution in [1.29, 1.82) is 0 Å². The van der Waals surface area contributed by atoms with Crippen LogP contribution < -0.4 is 9.21 Å². The third-order valence-corrected chi connectivity index (χ3v) is 6.23. The molecule has 1 unspecified atom stereocenters. The van der Waals surface area contributed by atoms with Gasteiger partial charge in [-0.25, -0.2) is 8.42 Å². The molecule has 1 atom stereocenters. The van der Waals surface area contributed by atoms with E-state index in [2.05, 4.69) is 0 Å². The summed E-state index contributed by atoms with van der Waals surface area (Å²) in [6.45, 7) is 0.141. The average molecular weight is 360 g/mol. The summed E-state index contributed by atoms with van der Waals surface area (Å²) in [5.41, 5.74) is 1.76. The lowest BCUT2D eigenvalue weighted by Crippen LogP contribution is -2.38. The van der Waals surface area contributed by atoms with Crippen LogP contribution in [0, 0.1) is 0 Å². The fraction of sp³-hybridized carbons (Fsp3) is 0.278. The summed E-state index contributed by atoms with van der Waals surface area (Å²) in [5.74, 6) is -1.62. The Hall–Kier alpha value is -2.54. The van der Waals surface area contributed by atoms with Gasteiger partial charge in [0.25, 0.3) is 10.0 Å². The van der Waals surface area contributed by atoms with Crippen LogP contribution in [-0.2, 0) is 14.8 Å². The van der Waals surface area contributed by atoms with Crippen molar-refractivity contribution in [3.05, 3.63) is 54.1 Å². The highest BCUT2D eigenvalue weighted by molar-refractivity contribution is 7.92. The van der Waals surface area contributed by atoms with Gasteiger partial charge in [0.1, 0.15) is 0 Å². The Morgan fingerprint density at radius 2 is 1.88 bits per heavy atom. The van der Waals surface area contributed by atoms with Gasteiger partial charge in [0.2, 0.25) is 0 Å². The number of anilines is 2. The van der Waals surface area contributed by atoms with E-state index in [9.17, 15) is 18.3 Å². The van der Waals surface area contributed by atoms with Crippen LogP contribution in [0.3, 0.4) is 0 Å². The summed E-state index contributed by atoms with van der Waals surface area (Å²) in [6, 6.07) is 13.5. The molecule has 7 heteroatoms. The van der Waals surface area contributed by atoms with Gasteiger partial charge in [-0.05, 0) is 36.2 Å². The zero-order chi connectivity index (χ0) is 18.2. The van der Waals surface area contributed by atoms with E-state index in [1.54, 1.807) is 42.5 Å². The second-order valence-electron chi connectivity index (χ2n) is 6.21. The Balaban J connectivity index is 2.08. The van der Waals surface area contributed by atoms with Crippen molar-refractivity contribution in [2.24, 2.45) is 0 Å². The van der Waals surface area contributed by atoms with E-state index in [1.165, 1.54) is 4.31 Å². The second kappa shape index (κ2) is 6.40. The lowest BCUT2D eigenvalue weighted by molar-refractivity contribution is -0.139. The molecule has 132 valence electrons. The maximum atomic E-state index is 13.2. The smallest absolute Gasteiger partial charge is 0.311 e. The zero-order valence-electron chi connectivity index (χ0n) is 14.1. The monoisotopic (exact) mass is 360 g/mol. The van der Waals surface area contributed by atoms with Gasteiger partial charge in [0.05, 0.1) is 16.5 Å². The molecule has 0 amide bonds. The van der Waals surface area contributed by atoms with E-state index in [0.717, 1.165) is 5.69 Å². The van der Waals surface area contributed by atoms with Gasteiger partial charge in [-0.3, -0.25) is 9.10 Å². The molecule has 25 heavy (non-hydrogen) atoms. The van der Waals surface area contributed by atoms with Crippen LogP contribution >= 0.6 is 0 Å². The molecule has 6 nitrogen and oxygen atoms in total. The van der Waals surface area contributed by atoms with Crippen molar-refractivity contribution < 1.29 is 18.3 Å². The summed E-state index contributed by atoms with van der Waals surface area (Å²) < 4.78 is 27.6. The Bertz CT molecular complexity index is 909. The maximum Gasteiger partial charge on any atom is 0.311 e. The number of para-hydroxylation sites is 1. The standard InChI is InChI=1S/C18H20N2O4S/c1-19(2)13-6-5-7-14(12-13)25(23,24)20-11-10-16(18(21)22)15-8-3-4-9-17(15)20/h3-9,12,16H,10-11H2,1-2H3,(H,21,22). The third kappa shape index (κ3) is 3.07. The molecule has 0 fully saturated rings. The van der Waals surface area contributed by atoms with Crippen molar-refractivity contribution in [2.45, 2.75) is 17.2 Å². The van der Waals surface area contributed by atoms with Crippen molar-refractivity contribution in [2.75, 3.05) is 29.8 Å². The lowest BCUT2D eigenvalue weighted by atomic mass is 9.91. The van der Waals surface area contributed by atoms with Crippen molar-refractivity contribution in [3.63, 3.8) is 0 Å². The Morgan fingerprint density at radius 1 is 1.16 bits per heavy atom. The molecule has 0 spiro atoms. The number of aliphatic carboxylic acids is 1. The van der Waals surface area contributed by atoms with Crippen LogP contribution in [0.2, 0.25) is 0 Å². The molecular weight excluding hydrogens is 340 g/mol. The van der Waals surface area contributed by atoms with E-state index >= 15 is 0 Å². The minimum atomic E-state index is -3.77. The molecule has 1 N–H and O–H groups in total. The Morgan fingerprint density at radius 3 is 2.56 bits per heavy atom. The first-order chi connectivity index (χ1) is 11.8. The largest absolute Gasteiger partial charge is 0.481 e. The van der Waals surface area contributed by atoms with Gasteiger partial charge >= 0.3 is 5.97 Å². The Labute approximate surface area is 147 Å². The van der Waals surface area contributed by atoms with Gasteiger partial charge in [-0.1, -0.05) is 24.3 Å². The number of carboxylic acid groups (broad SMARTS) is 1. The lowest BCUT2D eigenvalue weighted by Gasteiger charge is -2.33. The molecule has 1 aliphatic heterocycles. The molecule has 1 heterocycles. The van der Waals surface area contributed by atoms with Crippen LogP contribution in [0.15, 0.2) is 53.4 Å². The first-order valence-corrected chi connectivity index (χ1v) is 9.38. The van der Waals surface area contributed by atoms with Crippen molar-refractivity contribution in [3.8, 4) is 0 Å². The molecule has 2 aromatic rings. The molecule has 0 radical (unpaired) electrons. The Kier molecular flexibility index (Phi) is 4.43. The number of benzene rings is 2.